The van der Waals surface area contributed by atoms with Gasteiger partial charge in [0.1, 0.15) is 5.75 Å². The van der Waals surface area contributed by atoms with Crippen molar-refractivity contribution in [3.05, 3.63) is 27.7 Å². The van der Waals surface area contributed by atoms with Crippen LogP contribution in [0.1, 0.15) is 36.0 Å². The van der Waals surface area contributed by atoms with Crippen LogP contribution in [0.3, 0.4) is 0 Å². The Bertz CT molecular complexity index is 510. The van der Waals surface area contributed by atoms with E-state index in [1.807, 2.05) is 0 Å². The van der Waals surface area contributed by atoms with Crippen molar-refractivity contribution in [2.24, 2.45) is 5.10 Å². The van der Waals surface area contributed by atoms with Crippen molar-refractivity contribution in [2.45, 2.75) is 25.7 Å². The SMILES string of the molecule is O=C(NN=C1CCCC1)c1cc(Cl)cc(Cl)c1O.[Cl-]. The number of hydrogen-bond donors (Lipinski definition) is 2. The van der Waals surface area contributed by atoms with Crippen LogP contribution in [0.2, 0.25) is 10.0 Å². The summed E-state index contributed by atoms with van der Waals surface area (Å²) >= 11 is 11.5. The molecule has 0 unspecified atom stereocenters. The first-order chi connectivity index (χ1) is 8.58. The second-order valence-electron chi connectivity index (χ2n) is 4.11. The Morgan fingerprint density at radius 2 is 1.89 bits per heavy atom. The first kappa shape index (κ1) is 16.1. The lowest BCUT2D eigenvalue weighted by Gasteiger charge is -2.06. The molecule has 1 fully saturated rings. The zero-order valence-corrected chi connectivity index (χ0v) is 12.2. The minimum atomic E-state index is -0.517. The van der Waals surface area contributed by atoms with E-state index in [-0.39, 0.29) is 33.8 Å². The van der Waals surface area contributed by atoms with Crippen LogP contribution in [0.25, 0.3) is 0 Å². The number of hydrogen-bond acceptors (Lipinski definition) is 3. The van der Waals surface area contributed by atoms with Gasteiger partial charge in [-0.05, 0) is 37.8 Å². The van der Waals surface area contributed by atoms with Crippen LogP contribution in [-0.2, 0) is 0 Å². The number of benzene rings is 1. The van der Waals surface area contributed by atoms with Crippen molar-refractivity contribution in [3.63, 3.8) is 0 Å². The summed E-state index contributed by atoms with van der Waals surface area (Å²) in [6, 6.07) is 2.73. The highest BCUT2D eigenvalue weighted by atomic mass is 35.5. The third-order valence-electron chi connectivity index (χ3n) is 2.77. The highest BCUT2D eigenvalue weighted by Gasteiger charge is 2.15. The summed E-state index contributed by atoms with van der Waals surface area (Å²) in [5, 5.41) is 14.0. The highest BCUT2D eigenvalue weighted by molar-refractivity contribution is 6.36. The third-order valence-corrected chi connectivity index (χ3v) is 3.28. The van der Waals surface area contributed by atoms with Gasteiger partial charge in [-0.2, -0.15) is 5.10 Å². The number of phenolic OH excluding ortho intramolecular Hbond substituents is 1. The van der Waals surface area contributed by atoms with Crippen molar-refractivity contribution in [3.8, 4) is 5.75 Å². The summed E-state index contributed by atoms with van der Waals surface area (Å²) < 4.78 is 0. The Labute approximate surface area is 127 Å². The van der Waals surface area contributed by atoms with Crippen LogP contribution in [-0.4, -0.2) is 16.7 Å². The maximum Gasteiger partial charge on any atom is 0.275 e. The molecule has 2 rings (SSSR count). The lowest BCUT2D eigenvalue weighted by molar-refractivity contribution is -0.0000130. The van der Waals surface area contributed by atoms with Gasteiger partial charge in [0.25, 0.3) is 5.91 Å². The second kappa shape index (κ2) is 6.98. The Kier molecular flexibility index (Phi) is 5.91. The highest BCUT2D eigenvalue weighted by Crippen LogP contribution is 2.31. The van der Waals surface area contributed by atoms with Gasteiger partial charge >= 0.3 is 0 Å². The van der Waals surface area contributed by atoms with E-state index in [9.17, 15) is 9.90 Å². The molecule has 0 heterocycles. The fourth-order valence-corrected chi connectivity index (χ4v) is 2.32. The minimum absolute atomic E-state index is 0. The number of rotatable bonds is 2. The molecule has 0 atom stereocenters. The molecule has 1 aliphatic rings. The summed E-state index contributed by atoms with van der Waals surface area (Å²) in [6.45, 7) is 0. The second-order valence-corrected chi connectivity index (χ2v) is 4.95. The van der Waals surface area contributed by atoms with Crippen molar-refractivity contribution >= 4 is 34.8 Å². The maximum absolute atomic E-state index is 11.8. The number of carbonyl (C=O) groups is 1. The van der Waals surface area contributed by atoms with Gasteiger partial charge in [0.15, 0.2) is 0 Å². The Morgan fingerprint density at radius 1 is 1.26 bits per heavy atom. The molecule has 0 saturated heterocycles. The van der Waals surface area contributed by atoms with Crippen LogP contribution in [0, 0.1) is 0 Å². The molecule has 0 aromatic heterocycles. The number of aromatic hydroxyl groups is 1. The van der Waals surface area contributed by atoms with E-state index < -0.39 is 5.91 Å². The fraction of sp³-hybridized carbons (Fsp3) is 0.333. The standard InChI is InChI=1S/C12H12Cl2N2O2.ClH/c13-7-5-9(11(17)10(14)6-7)12(18)16-15-8-3-1-2-4-8;/h5-6,17H,1-4H2,(H,16,18);1H/p-1. The van der Waals surface area contributed by atoms with Gasteiger partial charge in [0.05, 0.1) is 10.6 Å². The Balaban J connectivity index is 0.00000180. The van der Waals surface area contributed by atoms with Crippen molar-refractivity contribution in [1.82, 2.24) is 5.43 Å². The summed E-state index contributed by atoms with van der Waals surface area (Å²) in [5.74, 6) is -0.804. The number of carbonyl (C=O) groups excluding carboxylic acids is 1. The molecule has 0 spiro atoms. The third kappa shape index (κ3) is 4.00. The predicted molar refractivity (Wildman–Crippen MR) is 71.5 cm³/mol. The van der Waals surface area contributed by atoms with Crippen LogP contribution in [0.5, 0.6) is 5.75 Å². The van der Waals surface area contributed by atoms with E-state index in [4.69, 9.17) is 23.2 Å². The van der Waals surface area contributed by atoms with Gasteiger partial charge in [-0.25, -0.2) is 5.43 Å². The largest absolute Gasteiger partial charge is 1.00 e. The molecular weight excluding hydrogens is 311 g/mol. The van der Waals surface area contributed by atoms with Gasteiger partial charge in [-0.1, -0.05) is 23.2 Å². The first-order valence-electron chi connectivity index (χ1n) is 5.61. The molecular formula is C12H12Cl3N2O2-. The van der Waals surface area contributed by atoms with Gasteiger partial charge in [-0.3, -0.25) is 4.79 Å². The summed E-state index contributed by atoms with van der Waals surface area (Å²) in [6.07, 6.45) is 4.01. The number of halogens is 3. The number of hydrazone groups is 1. The lowest BCUT2D eigenvalue weighted by Crippen LogP contribution is -3.00. The van der Waals surface area contributed by atoms with Crippen LogP contribution >= 0.6 is 23.2 Å². The average Bonchev–Trinajstić information content (AvgIpc) is 2.83. The summed E-state index contributed by atoms with van der Waals surface area (Å²) in [4.78, 5) is 11.8. The zero-order chi connectivity index (χ0) is 13.1. The van der Waals surface area contributed by atoms with Crippen molar-refractivity contribution < 1.29 is 22.3 Å². The number of phenols is 1. The molecule has 7 heteroatoms. The van der Waals surface area contributed by atoms with Gasteiger partial charge < -0.3 is 17.5 Å². The minimum Gasteiger partial charge on any atom is -1.00 e. The normalized spacial score (nSPS) is 13.9. The number of amides is 1. The smallest absolute Gasteiger partial charge is 0.275 e. The van der Waals surface area contributed by atoms with E-state index in [1.54, 1.807) is 0 Å². The summed E-state index contributed by atoms with van der Waals surface area (Å²) in [5.41, 5.74) is 3.40. The number of nitrogens with one attached hydrogen (secondary N) is 1. The molecule has 1 amide bonds. The predicted octanol–water partition coefficient (Wildman–Crippen LogP) is 0.363. The van der Waals surface area contributed by atoms with Crippen LogP contribution < -0.4 is 17.8 Å². The van der Waals surface area contributed by atoms with Crippen molar-refractivity contribution in [2.75, 3.05) is 0 Å². The molecule has 1 aromatic rings. The van der Waals surface area contributed by atoms with Crippen LogP contribution in [0.4, 0.5) is 0 Å². The molecule has 4 nitrogen and oxygen atoms in total. The molecule has 0 aliphatic heterocycles. The first-order valence-corrected chi connectivity index (χ1v) is 6.37. The molecule has 0 bridgehead atoms. The Morgan fingerprint density at radius 3 is 2.53 bits per heavy atom. The molecule has 1 aliphatic carbocycles. The van der Waals surface area contributed by atoms with Crippen molar-refractivity contribution in [1.29, 1.82) is 0 Å². The molecule has 104 valence electrons. The van der Waals surface area contributed by atoms with Gasteiger partial charge in [0, 0.05) is 10.7 Å². The van der Waals surface area contributed by atoms with E-state index in [2.05, 4.69) is 10.5 Å². The van der Waals surface area contributed by atoms with E-state index >= 15 is 0 Å². The van der Waals surface area contributed by atoms with E-state index in [0.717, 1.165) is 31.4 Å². The maximum atomic E-state index is 11.8. The zero-order valence-electron chi connectivity index (χ0n) is 9.92. The van der Waals surface area contributed by atoms with E-state index in [1.165, 1.54) is 12.1 Å². The van der Waals surface area contributed by atoms with Crippen LogP contribution in [0.15, 0.2) is 17.2 Å². The molecule has 0 radical (unpaired) electrons. The molecule has 1 saturated carbocycles. The van der Waals surface area contributed by atoms with Gasteiger partial charge in [-0.15, -0.1) is 0 Å². The fourth-order valence-electron chi connectivity index (χ4n) is 1.82. The monoisotopic (exact) mass is 321 g/mol. The number of nitrogens with zero attached hydrogens (tertiary/aromatic N) is 1. The molecule has 2 N–H and O–H groups in total. The molecule has 19 heavy (non-hydrogen) atoms. The summed E-state index contributed by atoms with van der Waals surface area (Å²) in [7, 11) is 0. The molecule has 1 aromatic carbocycles. The lowest BCUT2D eigenvalue weighted by atomic mass is 10.2. The van der Waals surface area contributed by atoms with E-state index in [0.29, 0.717) is 0 Å². The topological polar surface area (TPSA) is 61.7 Å². The van der Waals surface area contributed by atoms with Gasteiger partial charge in [0.2, 0.25) is 0 Å². The average molecular weight is 323 g/mol. The Hall–Kier alpha value is -0.970. The quantitative estimate of drug-likeness (QED) is 0.773.